The maximum atomic E-state index is 6.15. The van der Waals surface area contributed by atoms with Crippen LogP contribution in [0.2, 0.25) is 5.02 Å². The van der Waals surface area contributed by atoms with Crippen LogP contribution in [-0.2, 0) is 6.42 Å². The zero-order valence-electron chi connectivity index (χ0n) is 16.2. The van der Waals surface area contributed by atoms with Gasteiger partial charge >= 0.3 is 0 Å². The summed E-state index contributed by atoms with van der Waals surface area (Å²) in [6, 6.07) is 12.1. The van der Waals surface area contributed by atoms with E-state index in [0.29, 0.717) is 17.4 Å². The minimum atomic E-state index is 0.560. The number of nitrogens with zero attached hydrogens (tertiary/aromatic N) is 3. The van der Waals surface area contributed by atoms with Gasteiger partial charge in [-0.05, 0) is 55.0 Å². The summed E-state index contributed by atoms with van der Waals surface area (Å²) in [4.78, 5) is 2.35. The monoisotopic (exact) mass is 397 g/mol. The van der Waals surface area contributed by atoms with E-state index < -0.39 is 0 Å². The molecule has 0 aliphatic carbocycles. The van der Waals surface area contributed by atoms with E-state index in [2.05, 4.69) is 27.2 Å². The Hall–Kier alpha value is -2.53. The van der Waals surface area contributed by atoms with Crippen molar-refractivity contribution >= 4 is 28.2 Å². The summed E-state index contributed by atoms with van der Waals surface area (Å²) in [5.41, 5.74) is 1.29. The van der Waals surface area contributed by atoms with Crippen LogP contribution in [0, 0.1) is 5.92 Å². The molecular formula is C22H24ClN3O2. The highest BCUT2D eigenvalue weighted by atomic mass is 35.5. The van der Waals surface area contributed by atoms with E-state index in [0.717, 1.165) is 47.5 Å². The Morgan fingerprint density at radius 2 is 1.96 bits per heavy atom. The molecule has 28 heavy (non-hydrogen) atoms. The third kappa shape index (κ3) is 3.85. The predicted octanol–water partition coefficient (Wildman–Crippen LogP) is 4.76. The lowest BCUT2D eigenvalue weighted by atomic mass is 9.91. The molecule has 0 spiro atoms. The molecule has 0 radical (unpaired) electrons. The van der Waals surface area contributed by atoms with Gasteiger partial charge in [0.1, 0.15) is 0 Å². The van der Waals surface area contributed by atoms with Gasteiger partial charge in [-0.25, -0.2) is 0 Å². The first kappa shape index (κ1) is 18.8. The zero-order chi connectivity index (χ0) is 19.5. The molecule has 1 saturated heterocycles. The minimum absolute atomic E-state index is 0.560. The van der Waals surface area contributed by atoms with Gasteiger partial charge in [0.15, 0.2) is 17.3 Å². The second kappa shape index (κ2) is 8.23. The summed E-state index contributed by atoms with van der Waals surface area (Å²) in [7, 11) is 3.30. The van der Waals surface area contributed by atoms with E-state index >= 15 is 0 Å². The summed E-state index contributed by atoms with van der Waals surface area (Å²) in [5.74, 6) is 2.88. The van der Waals surface area contributed by atoms with Gasteiger partial charge in [0, 0.05) is 28.9 Å². The van der Waals surface area contributed by atoms with Gasteiger partial charge in [-0.3, -0.25) is 0 Å². The Balaban J connectivity index is 1.62. The van der Waals surface area contributed by atoms with Gasteiger partial charge < -0.3 is 14.4 Å². The highest BCUT2D eigenvalue weighted by molar-refractivity contribution is 6.30. The largest absolute Gasteiger partial charge is 0.493 e. The van der Waals surface area contributed by atoms with Gasteiger partial charge in [-0.1, -0.05) is 23.7 Å². The second-order valence-electron chi connectivity index (χ2n) is 7.25. The number of methoxy groups -OCH3 is 2. The summed E-state index contributed by atoms with van der Waals surface area (Å²) >= 11 is 6.15. The zero-order valence-corrected chi connectivity index (χ0v) is 16.9. The molecule has 1 aromatic heterocycles. The molecule has 146 valence electrons. The topological polar surface area (TPSA) is 47.5 Å². The number of fused-ring (bicyclic) bond motifs is 1. The fourth-order valence-corrected chi connectivity index (χ4v) is 4.26. The van der Waals surface area contributed by atoms with Crippen LogP contribution in [0.4, 0.5) is 5.82 Å². The molecule has 0 amide bonds. The lowest BCUT2D eigenvalue weighted by Gasteiger charge is -2.34. The number of ether oxygens (including phenoxy) is 2. The number of benzene rings is 2. The summed E-state index contributed by atoms with van der Waals surface area (Å²) in [5, 5.41) is 11.5. The van der Waals surface area contributed by atoms with Crippen LogP contribution in [0.15, 0.2) is 42.6 Å². The molecule has 6 heteroatoms. The Labute approximate surface area is 170 Å². The highest BCUT2D eigenvalue weighted by Crippen LogP contribution is 2.36. The van der Waals surface area contributed by atoms with Crippen molar-refractivity contribution < 1.29 is 9.47 Å². The van der Waals surface area contributed by atoms with Crippen LogP contribution in [0.5, 0.6) is 11.5 Å². The van der Waals surface area contributed by atoms with Crippen molar-refractivity contribution in [1.82, 2.24) is 10.2 Å². The van der Waals surface area contributed by atoms with Crippen LogP contribution in [0.1, 0.15) is 18.4 Å². The van der Waals surface area contributed by atoms with Crippen molar-refractivity contribution in [2.45, 2.75) is 19.3 Å². The van der Waals surface area contributed by atoms with Crippen molar-refractivity contribution in [3.05, 3.63) is 53.2 Å². The molecule has 2 aromatic carbocycles. The Morgan fingerprint density at radius 1 is 1.14 bits per heavy atom. The maximum absolute atomic E-state index is 6.15. The highest BCUT2D eigenvalue weighted by Gasteiger charge is 2.23. The van der Waals surface area contributed by atoms with E-state index in [1.165, 1.54) is 12.0 Å². The molecule has 1 aliphatic rings. The van der Waals surface area contributed by atoms with Gasteiger partial charge in [0.25, 0.3) is 0 Å². The maximum Gasteiger partial charge on any atom is 0.161 e. The summed E-state index contributed by atoms with van der Waals surface area (Å²) < 4.78 is 10.9. The minimum Gasteiger partial charge on any atom is -0.493 e. The Bertz CT molecular complexity index is 979. The molecule has 0 bridgehead atoms. The number of aromatic nitrogens is 2. The van der Waals surface area contributed by atoms with Crippen LogP contribution in [0.3, 0.4) is 0 Å². The molecule has 4 rings (SSSR count). The smallest absolute Gasteiger partial charge is 0.161 e. The van der Waals surface area contributed by atoms with Crippen molar-refractivity contribution in [3.8, 4) is 11.5 Å². The molecular weight excluding hydrogens is 374 g/mol. The first-order chi connectivity index (χ1) is 13.7. The third-order valence-electron chi connectivity index (χ3n) is 5.38. The van der Waals surface area contributed by atoms with Crippen LogP contribution in [-0.4, -0.2) is 37.5 Å². The molecule has 3 aromatic rings. The Kier molecular flexibility index (Phi) is 5.53. The van der Waals surface area contributed by atoms with Crippen LogP contribution < -0.4 is 14.4 Å². The number of anilines is 1. The first-order valence-corrected chi connectivity index (χ1v) is 9.92. The molecule has 1 fully saturated rings. The van der Waals surface area contributed by atoms with E-state index in [-0.39, 0.29) is 0 Å². The van der Waals surface area contributed by atoms with Crippen molar-refractivity contribution in [2.24, 2.45) is 5.92 Å². The van der Waals surface area contributed by atoms with Crippen molar-refractivity contribution in [3.63, 3.8) is 0 Å². The van der Waals surface area contributed by atoms with E-state index in [1.54, 1.807) is 20.4 Å². The van der Waals surface area contributed by atoms with E-state index in [1.807, 2.05) is 24.3 Å². The predicted molar refractivity (Wildman–Crippen MR) is 113 cm³/mol. The number of piperidine rings is 1. The lowest BCUT2D eigenvalue weighted by molar-refractivity contribution is 0.356. The molecule has 0 saturated carbocycles. The van der Waals surface area contributed by atoms with Gasteiger partial charge in [0.2, 0.25) is 0 Å². The normalized spacial score (nSPS) is 17.0. The second-order valence-corrected chi connectivity index (χ2v) is 7.69. The van der Waals surface area contributed by atoms with Crippen LogP contribution in [0.25, 0.3) is 10.8 Å². The molecule has 1 unspecified atom stereocenters. The fraction of sp³-hybridized carbons (Fsp3) is 0.364. The standard InChI is InChI=1S/C22H24ClN3O2/c1-27-20-11-17-13-24-25-22(19(17)12-21(20)28-2)26-8-4-6-16(14-26)9-15-5-3-7-18(23)10-15/h3,5,7,10-13,16H,4,6,8-9,14H2,1-2H3. The Morgan fingerprint density at radius 3 is 2.75 bits per heavy atom. The molecule has 5 nitrogen and oxygen atoms in total. The van der Waals surface area contributed by atoms with E-state index in [4.69, 9.17) is 21.1 Å². The lowest BCUT2D eigenvalue weighted by Crippen LogP contribution is -2.37. The number of hydrogen-bond acceptors (Lipinski definition) is 5. The average molecular weight is 398 g/mol. The van der Waals surface area contributed by atoms with Gasteiger partial charge in [-0.2, -0.15) is 5.10 Å². The van der Waals surface area contributed by atoms with Crippen LogP contribution >= 0.6 is 11.6 Å². The molecule has 2 heterocycles. The van der Waals surface area contributed by atoms with Crippen molar-refractivity contribution in [1.29, 1.82) is 0 Å². The van der Waals surface area contributed by atoms with Crippen molar-refractivity contribution in [2.75, 3.05) is 32.2 Å². The molecule has 1 aliphatic heterocycles. The fourth-order valence-electron chi connectivity index (χ4n) is 4.05. The quantitative estimate of drug-likeness (QED) is 0.621. The number of hydrogen-bond donors (Lipinski definition) is 0. The average Bonchev–Trinajstić information content (AvgIpc) is 2.72. The van der Waals surface area contributed by atoms with Gasteiger partial charge in [-0.15, -0.1) is 5.10 Å². The first-order valence-electron chi connectivity index (χ1n) is 9.54. The summed E-state index contributed by atoms with van der Waals surface area (Å²) in [6.45, 7) is 1.93. The number of halogens is 1. The van der Waals surface area contributed by atoms with E-state index in [9.17, 15) is 0 Å². The molecule has 0 N–H and O–H groups in total. The number of rotatable bonds is 5. The third-order valence-corrected chi connectivity index (χ3v) is 5.61. The van der Waals surface area contributed by atoms with Gasteiger partial charge in [0.05, 0.1) is 20.4 Å². The SMILES string of the molecule is COc1cc2cnnc(N3CCCC(Cc4cccc(Cl)c4)C3)c2cc1OC. The molecule has 1 atom stereocenters. The summed E-state index contributed by atoms with van der Waals surface area (Å²) in [6.07, 6.45) is 5.13.